The number of para-hydroxylation sites is 1. The minimum Gasteiger partial charge on any atom is -0.493 e. The lowest BCUT2D eigenvalue weighted by Gasteiger charge is -2.14. The lowest BCUT2D eigenvalue weighted by atomic mass is 10.1. The highest BCUT2D eigenvalue weighted by molar-refractivity contribution is 6.26. The summed E-state index contributed by atoms with van der Waals surface area (Å²) in [7, 11) is 3.02. The van der Waals surface area contributed by atoms with Gasteiger partial charge in [-0.2, -0.15) is 0 Å². The molecule has 8 nitrogen and oxygen atoms in total. The van der Waals surface area contributed by atoms with E-state index in [0.29, 0.717) is 35.1 Å². The molecule has 0 fully saturated rings. The number of esters is 1. The van der Waals surface area contributed by atoms with E-state index in [2.05, 4.69) is 5.32 Å². The van der Waals surface area contributed by atoms with Crippen LogP contribution in [-0.2, 0) is 19.1 Å². The molecule has 3 rings (SSSR count). The van der Waals surface area contributed by atoms with Crippen LogP contribution in [0.25, 0.3) is 6.08 Å². The predicted molar refractivity (Wildman–Crippen MR) is 119 cm³/mol. The van der Waals surface area contributed by atoms with Crippen molar-refractivity contribution in [3.05, 3.63) is 65.2 Å². The number of ketones is 1. The molecule has 1 heterocycles. The number of rotatable bonds is 9. The topological polar surface area (TPSA) is 92.3 Å². The first-order valence-corrected chi connectivity index (χ1v) is 10.1. The zero-order valence-electron chi connectivity index (χ0n) is 18.4. The second-order valence-electron chi connectivity index (χ2n) is 6.54. The lowest BCUT2D eigenvalue weighted by Crippen LogP contribution is -2.16. The van der Waals surface area contributed by atoms with E-state index in [4.69, 9.17) is 23.7 Å². The van der Waals surface area contributed by atoms with Crippen molar-refractivity contribution in [1.82, 2.24) is 0 Å². The highest BCUT2D eigenvalue weighted by Crippen LogP contribution is 2.39. The van der Waals surface area contributed by atoms with E-state index in [9.17, 15) is 9.59 Å². The Hall–Kier alpha value is -3.94. The minimum absolute atomic E-state index is 0.00997. The van der Waals surface area contributed by atoms with Crippen LogP contribution in [0.2, 0.25) is 0 Å². The number of hydrogen-bond donors (Lipinski definition) is 1. The van der Waals surface area contributed by atoms with Gasteiger partial charge in [0.2, 0.25) is 17.4 Å². The van der Waals surface area contributed by atoms with Crippen molar-refractivity contribution < 1.29 is 33.3 Å². The molecule has 1 N–H and O–H groups in total. The average Bonchev–Trinajstić information content (AvgIpc) is 3.09. The van der Waals surface area contributed by atoms with E-state index in [1.807, 2.05) is 25.1 Å². The monoisotopic (exact) mass is 439 g/mol. The molecule has 2 aromatic carbocycles. The van der Waals surface area contributed by atoms with Crippen LogP contribution in [0.15, 0.2) is 59.7 Å². The van der Waals surface area contributed by atoms with Gasteiger partial charge in [-0.3, -0.25) is 4.79 Å². The van der Waals surface area contributed by atoms with Crippen LogP contribution in [0.5, 0.6) is 17.2 Å². The fourth-order valence-electron chi connectivity index (χ4n) is 3.08. The first-order chi connectivity index (χ1) is 15.5. The first-order valence-electron chi connectivity index (χ1n) is 10.1. The third-order valence-corrected chi connectivity index (χ3v) is 4.47. The van der Waals surface area contributed by atoms with Crippen LogP contribution in [0.1, 0.15) is 19.4 Å². The van der Waals surface area contributed by atoms with Crippen molar-refractivity contribution in [1.29, 1.82) is 0 Å². The van der Waals surface area contributed by atoms with Crippen LogP contribution in [0, 0.1) is 0 Å². The average molecular weight is 439 g/mol. The van der Waals surface area contributed by atoms with Crippen LogP contribution < -0.4 is 19.5 Å². The van der Waals surface area contributed by atoms with Gasteiger partial charge in [0.1, 0.15) is 0 Å². The molecule has 1 aliphatic rings. The second kappa shape index (κ2) is 10.4. The second-order valence-corrected chi connectivity index (χ2v) is 6.54. The number of anilines is 1. The Bertz CT molecular complexity index is 1030. The highest BCUT2D eigenvalue weighted by atomic mass is 16.5. The molecular weight excluding hydrogens is 414 g/mol. The molecule has 0 radical (unpaired) electrons. The van der Waals surface area contributed by atoms with Crippen molar-refractivity contribution >= 4 is 23.5 Å². The van der Waals surface area contributed by atoms with E-state index in [0.717, 1.165) is 0 Å². The number of ether oxygens (including phenoxy) is 5. The molecule has 0 spiro atoms. The summed E-state index contributed by atoms with van der Waals surface area (Å²) in [5.41, 5.74) is 1.02. The molecule has 1 aliphatic heterocycles. The number of methoxy groups -OCH3 is 2. The van der Waals surface area contributed by atoms with Gasteiger partial charge in [0, 0.05) is 5.69 Å². The Morgan fingerprint density at radius 1 is 1.03 bits per heavy atom. The van der Waals surface area contributed by atoms with Crippen LogP contribution >= 0.6 is 0 Å². The van der Waals surface area contributed by atoms with Crippen molar-refractivity contribution in [2.24, 2.45) is 0 Å². The standard InChI is InChI=1S/C24H25NO7/c1-5-30-22-18(28-3)13-15(14-19(22)29-4)12-17-21(26)20(24(27)31-6-2)23(32-17)25-16-10-8-7-9-11-16/h7-14,25H,5-6H2,1-4H3. The van der Waals surface area contributed by atoms with E-state index in [1.54, 1.807) is 31.2 Å². The Kier molecular flexibility index (Phi) is 7.38. The lowest BCUT2D eigenvalue weighted by molar-refractivity contribution is -0.139. The molecule has 0 saturated carbocycles. The van der Waals surface area contributed by atoms with Gasteiger partial charge in [-0.15, -0.1) is 0 Å². The molecule has 0 aromatic heterocycles. The summed E-state index contributed by atoms with van der Waals surface area (Å²) in [6, 6.07) is 12.4. The van der Waals surface area contributed by atoms with E-state index in [1.165, 1.54) is 20.3 Å². The summed E-state index contributed by atoms with van der Waals surface area (Å²) < 4.78 is 27.2. The molecule has 0 atom stereocenters. The summed E-state index contributed by atoms with van der Waals surface area (Å²) in [5.74, 6) is -0.0603. The molecule has 0 unspecified atom stereocenters. The van der Waals surface area contributed by atoms with Gasteiger partial charge in [0.25, 0.3) is 0 Å². The van der Waals surface area contributed by atoms with Gasteiger partial charge in [-0.05, 0) is 49.8 Å². The Labute approximate surface area is 186 Å². The Morgan fingerprint density at radius 2 is 1.69 bits per heavy atom. The summed E-state index contributed by atoms with van der Waals surface area (Å²) in [5, 5.41) is 2.97. The molecule has 0 saturated heterocycles. The number of allylic oxidation sites excluding steroid dienone is 1. The summed E-state index contributed by atoms with van der Waals surface area (Å²) in [6.45, 7) is 4.07. The smallest absolute Gasteiger partial charge is 0.347 e. The maximum Gasteiger partial charge on any atom is 0.347 e. The fraction of sp³-hybridized carbons (Fsp3) is 0.250. The summed E-state index contributed by atoms with van der Waals surface area (Å²) in [4.78, 5) is 25.5. The SMILES string of the molecule is CCOC(=O)C1=C(Nc2ccccc2)OC(=Cc2cc(OC)c(OCC)c(OC)c2)C1=O. The molecule has 168 valence electrons. The van der Waals surface area contributed by atoms with Crippen molar-refractivity contribution in [3.8, 4) is 17.2 Å². The molecule has 0 amide bonds. The molecule has 0 bridgehead atoms. The largest absolute Gasteiger partial charge is 0.493 e. The quantitative estimate of drug-likeness (QED) is 0.357. The van der Waals surface area contributed by atoms with Crippen LogP contribution in [0.3, 0.4) is 0 Å². The molecular formula is C24H25NO7. The van der Waals surface area contributed by atoms with Crippen molar-refractivity contribution in [3.63, 3.8) is 0 Å². The maximum absolute atomic E-state index is 13.0. The van der Waals surface area contributed by atoms with Gasteiger partial charge in [-0.25, -0.2) is 4.79 Å². The van der Waals surface area contributed by atoms with Gasteiger partial charge in [0.15, 0.2) is 22.8 Å². The molecule has 8 heteroatoms. The Morgan fingerprint density at radius 3 is 2.25 bits per heavy atom. The van der Waals surface area contributed by atoms with Gasteiger partial charge >= 0.3 is 5.97 Å². The van der Waals surface area contributed by atoms with Gasteiger partial charge in [-0.1, -0.05) is 18.2 Å². The third kappa shape index (κ3) is 4.85. The number of hydrogen-bond acceptors (Lipinski definition) is 8. The third-order valence-electron chi connectivity index (χ3n) is 4.47. The highest BCUT2D eigenvalue weighted by Gasteiger charge is 2.37. The summed E-state index contributed by atoms with van der Waals surface area (Å²) >= 11 is 0. The number of benzene rings is 2. The Balaban J connectivity index is 1.99. The van der Waals surface area contributed by atoms with Crippen LogP contribution in [0.4, 0.5) is 5.69 Å². The first kappa shape index (κ1) is 22.7. The predicted octanol–water partition coefficient (Wildman–Crippen LogP) is 3.93. The maximum atomic E-state index is 13.0. The van der Waals surface area contributed by atoms with E-state index in [-0.39, 0.29) is 23.8 Å². The van der Waals surface area contributed by atoms with Gasteiger partial charge in [0.05, 0.1) is 27.4 Å². The number of nitrogens with one attached hydrogen (secondary N) is 1. The normalized spacial score (nSPS) is 14.2. The zero-order valence-corrected chi connectivity index (χ0v) is 18.4. The van der Waals surface area contributed by atoms with E-state index < -0.39 is 11.8 Å². The summed E-state index contributed by atoms with van der Waals surface area (Å²) in [6.07, 6.45) is 1.50. The number of Topliss-reactive ketones (excluding diaryl/α,β-unsaturated/α-hetero) is 1. The minimum atomic E-state index is -0.763. The van der Waals surface area contributed by atoms with Crippen molar-refractivity contribution in [2.75, 3.05) is 32.8 Å². The van der Waals surface area contributed by atoms with Crippen molar-refractivity contribution in [2.45, 2.75) is 13.8 Å². The number of carbonyl (C=O) groups is 2. The van der Waals surface area contributed by atoms with Gasteiger partial charge < -0.3 is 29.0 Å². The fourth-order valence-corrected chi connectivity index (χ4v) is 3.08. The van der Waals surface area contributed by atoms with Crippen LogP contribution in [-0.4, -0.2) is 39.2 Å². The number of carbonyl (C=O) groups excluding carboxylic acids is 2. The molecule has 2 aromatic rings. The molecule has 0 aliphatic carbocycles. The molecule has 32 heavy (non-hydrogen) atoms. The van der Waals surface area contributed by atoms with E-state index >= 15 is 0 Å². The zero-order chi connectivity index (χ0) is 23.1.